The zero-order valence-corrected chi connectivity index (χ0v) is 20.2. The number of hydrogen-bond acceptors (Lipinski definition) is 5. The van der Waals surface area contributed by atoms with Gasteiger partial charge in [0.25, 0.3) is 0 Å². The van der Waals surface area contributed by atoms with E-state index in [2.05, 4.69) is 51.1 Å². The van der Waals surface area contributed by atoms with Crippen LogP contribution in [0.25, 0.3) is 0 Å². The fourth-order valence-electron chi connectivity index (χ4n) is 3.25. The number of anilines is 1. The van der Waals surface area contributed by atoms with Crippen LogP contribution in [-0.4, -0.2) is 66.7 Å². The summed E-state index contributed by atoms with van der Waals surface area (Å²) in [7, 11) is 0. The fourth-order valence-corrected chi connectivity index (χ4v) is 3.25. The summed E-state index contributed by atoms with van der Waals surface area (Å²) in [6, 6.07) is 12.1. The lowest BCUT2D eigenvalue weighted by Crippen LogP contribution is -2.53. The Morgan fingerprint density at radius 1 is 1.10 bits per heavy atom. The van der Waals surface area contributed by atoms with Gasteiger partial charge in [-0.15, -0.1) is 24.0 Å². The zero-order valence-electron chi connectivity index (χ0n) is 17.9. The number of halogens is 1. The van der Waals surface area contributed by atoms with Gasteiger partial charge in [0.05, 0.1) is 13.2 Å². The van der Waals surface area contributed by atoms with Crippen molar-refractivity contribution in [3.8, 4) is 0 Å². The number of nitrogens with zero attached hydrogens (tertiary/aromatic N) is 5. The molecule has 0 radical (unpaired) electrons. The molecule has 1 unspecified atom stereocenters. The summed E-state index contributed by atoms with van der Waals surface area (Å²) in [4.78, 5) is 18.1. The quantitative estimate of drug-likeness (QED) is 0.326. The smallest absolute Gasteiger partial charge is 0.225 e. The number of hydrogen-bond donors (Lipinski definition) is 1. The van der Waals surface area contributed by atoms with Crippen LogP contribution in [-0.2, 0) is 11.3 Å². The highest BCUT2D eigenvalue weighted by Crippen LogP contribution is 2.10. The van der Waals surface area contributed by atoms with Gasteiger partial charge in [-0.25, -0.2) is 9.97 Å². The molecule has 0 aliphatic carbocycles. The van der Waals surface area contributed by atoms with Crippen molar-refractivity contribution in [2.45, 2.75) is 20.5 Å². The fraction of sp³-hybridized carbons (Fsp3) is 0.500. The zero-order chi connectivity index (χ0) is 20.3. The summed E-state index contributed by atoms with van der Waals surface area (Å²) in [5, 5.41) is 3.43. The van der Waals surface area contributed by atoms with Crippen LogP contribution in [0.1, 0.15) is 19.4 Å². The van der Waals surface area contributed by atoms with Gasteiger partial charge in [-0.2, -0.15) is 0 Å². The molecule has 0 amide bonds. The molecule has 2 aromatic rings. The van der Waals surface area contributed by atoms with Gasteiger partial charge >= 0.3 is 0 Å². The Kier molecular flexibility index (Phi) is 10.9. The van der Waals surface area contributed by atoms with E-state index in [9.17, 15) is 0 Å². The number of guanidine groups is 1. The van der Waals surface area contributed by atoms with E-state index in [0.717, 1.165) is 51.2 Å². The van der Waals surface area contributed by atoms with E-state index >= 15 is 0 Å². The molecule has 1 saturated heterocycles. The predicted octanol–water partition coefficient (Wildman–Crippen LogP) is 3.04. The monoisotopic (exact) mass is 524 g/mol. The lowest BCUT2D eigenvalue weighted by atomic mass is 10.2. The van der Waals surface area contributed by atoms with Crippen molar-refractivity contribution < 1.29 is 4.74 Å². The molecule has 30 heavy (non-hydrogen) atoms. The second-order valence-electron chi connectivity index (χ2n) is 7.32. The Bertz CT molecular complexity index is 738. The van der Waals surface area contributed by atoms with Crippen LogP contribution in [0.15, 0.2) is 53.8 Å². The first-order valence-corrected chi connectivity index (χ1v) is 10.4. The van der Waals surface area contributed by atoms with E-state index in [1.165, 1.54) is 5.56 Å². The molecule has 7 nitrogen and oxygen atoms in total. The van der Waals surface area contributed by atoms with Crippen LogP contribution in [0, 0.1) is 5.92 Å². The molecule has 0 bridgehead atoms. The highest BCUT2D eigenvalue weighted by Gasteiger charge is 2.21. The summed E-state index contributed by atoms with van der Waals surface area (Å²) in [6.45, 7) is 10.9. The minimum Gasteiger partial charge on any atom is -0.376 e. The highest BCUT2D eigenvalue weighted by atomic mass is 127. The van der Waals surface area contributed by atoms with E-state index in [1.54, 1.807) is 12.4 Å². The lowest BCUT2D eigenvalue weighted by Gasteiger charge is -2.36. The SMILES string of the molecule is CCNC(=NCC(C)COCc1ccccc1)N1CCN(c2ncccn2)CC1.I. The molecular formula is C22H33IN6O. The first-order chi connectivity index (χ1) is 14.3. The average molecular weight is 524 g/mol. The predicted molar refractivity (Wildman–Crippen MR) is 132 cm³/mol. The van der Waals surface area contributed by atoms with Gasteiger partial charge < -0.3 is 19.9 Å². The van der Waals surface area contributed by atoms with E-state index in [-0.39, 0.29) is 24.0 Å². The number of nitrogens with one attached hydrogen (secondary N) is 1. The van der Waals surface area contributed by atoms with Crippen molar-refractivity contribution in [2.75, 3.05) is 50.8 Å². The molecule has 3 rings (SSSR count). The molecule has 1 aromatic heterocycles. The van der Waals surface area contributed by atoms with E-state index in [0.29, 0.717) is 19.1 Å². The average Bonchev–Trinajstić information content (AvgIpc) is 2.78. The maximum atomic E-state index is 5.86. The first-order valence-electron chi connectivity index (χ1n) is 10.4. The molecule has 1 atom stereocenters. The molecule has 0 spiro atoms. The second kappa shape index (κ2) is 13.4. The summed E-state index contributed by atoms with van der Waals surface area (Å²) in [5.41, 5.74) is 1.21. The third-order valence-electron chi connectivity index (χ3n) is 4.82. The molecule has 1 fully saturated rings. The molecule has 8 heteroatoms. The van der Waals surface area contributed by atoms with E-state index in [4.69, 9.17) is 9.73 Å². The number of piperazine rings is 1. The summed E-state index contributed by atoms with van der Waals surface area (Å²) in [6.07, 6.45) is 3.59. The Labute approximate surface area is 197 Å². The Morgan fingerprint density at radius 3 is 2.47 bits per heavy atom. The van der Waals surface area contributed by atoms with Gasteiger partial charge in [-0.05, 0) is 24.5 Å². The van der Waals surface area contributed by atoms with Crippen LogP contribution >= 0.6 is 24.0 Å². The second-order valence-corrected chi connectivity index (χ2v) is 7.32. The normalized spacial score (nSPS) is 15.5. The van der Waals surface area contributed by atoms with Crippen LogP contribution in [0.3, 0.4) is 0 Å². The van der Waals surface area contributed by atoms with Gasteiger partial charge in [0.2, 0.25) is 5.95 Å². The van der Waals surface area contributed by atoms with Gasteiger partial charge in [-0.1, -0.05) is 37.3 Å². The number of ether oxygens (including phenoxy) is 1. The van der Waals surface area contributed by atoms with Crippen LogP contribution in [0.5, 0.6) is 0 Å². The Morgan fingerprint density at radius 2 is 1.80 bits per heavy atom. The minimum atomic E-state index is 0. The van der Waals surface area contributed by atoms with Gasteiger partial charge in [0.15, 0.2) is 5.96 Å². The number of aliphatic imine (C=N–C) groups is 1. The van der Waals surface area contributed by atoms with Crippen LogP contribution in [0.4, 0.5) is 5.95 Å². The maximum Gasteiger partial charge on any atom is 0.225 e. The maximum absolute atomic E-state index is 5.86. The standard InChI is InChI=1S/C22H32N6O.HI/c1-3-23-21(26-16-19(2)17-29-18-20-8-5-4-6-9-20)27-12-14-28(15-13-27)22-24-10-7-11-25-22;/h4-11,19H,3,12-18H2,1-2H3,(H,23,26);1H. The molecule has 0 saturated carbocycles. The molecule has 1 aromatic carbocycles. The van der Waals surface area contributed by atoms with Crippen molar-refractivity contribution in [3.05, 3.63) is 54.4 Å². The number of aromatic nitrogens is 2. The first kappa shape index (κ1) is 24.3. The van der Waals surface area contributed by atoms with Crippen molar-refractivity contribution in [3.63, 3.8) is 0 Å². The molecule has 2 heterocycles. The molecule has 1 aliphatic rings. The summed E-state index contributed by atoms with van der Waals surface area (Å²) in [5.74, 6) is 2.15. The van der Waals surface area contributed by atoms with Crippen molar-refractivity contribution >= 4 is 35.9 Å². The van der Waals surface area contributed by atoms with E-state index in [1.807, 2.05) is 24.3 Å². The van der Waals surface area contributed by atoms with Gasteiger partial charge in [0.1, 0.15) is 0 Å². The molecular weight excluding hydrogens is 491 g/mol. The minimum absolute atomic E-state index is 0. The largest absolute Gasteiger partial charge is 0.376 e. The number of rotatable bonds is 8. The molecule has 1 aliphatic heterocycles. The van der Waals surface area contributed by atoms with Crippen LogP contribution < -0.4 is 10.2 Å². The van der Waals surface area contributed by atoms with E-state index < -0.39 is 0 Å². The summed E-state index contributed by atoms with van der Waals surface area (Å²) < 4.78 is 5.86. The molecule has 1 N–H and O–H groups in total. The van der Waals surface area contributed by atoms with Crippen molar-refractivity contribution in [1.82, 2.24) is 20.2 Å². The third kappa shape index (κ3) is 7.71. The number of benzene rings is 1. The third-order valence-corrected chi connectivity index (χ3v) is 4.82. The van der Waals surface area contributed by atoms with Gasteiger partial charge in [0, 0.05) is 51.7 Å². The van der Waals surface area contributed by atoms with Crippen molar-refractivity contribution in [1.29, 1.82) is 0 Å². The van der Waals surface area contributed by atoms with Crippen molar-refractivity contribution in [2.24, 2.45) is 10.9 Å². The Hall–Kier alpha value is -1.94. The lowest BCUT2D eigenvalue weighted by molar-refractivity contribution is 0.0944. The molecule has 164 valence electrons. The highest BCUT2D eigenvalue weighted by molar-refractivity contribution is 14.0. The van der Waals surface area contributed by atoms with Crippen LogP contribution in [0.2, 0.25) is 0 Å². The van der Waals surface area contributed by atoms with Gasteiger partial charge in [-0.3, -0.25) is 4.99 Å². The summed E-state index contributed by atoms with van der Waals surface area (Å²) >= 11 is 0. The Balaban J connectivity index is 0.00000320. The topological polar surface area (TPSA) is 65.9 Å².